The average Bonchev–Trinajstić information content (AvgIpc) is 3.10. The Bertz CT molecular complexity index is 629. The van der Waals surface area contributed by atoms with Gasteiger partial charge in [0.25, 0.3) is 0 Å². The molecule has 0 aliphatic heterocycles. The van der Waals surface area contributed by atoms with E-state index < -0.39 is 0 Å². The zero-order valence-corrected chi connectivity index (χ0v) is 12.1. The number of aryl methyl sites for hydroxylation is 1. The van der Waals surface area contributed by atoms with Gasteiger partial charge >= 0.3 is 0 Å². The van der Waals surface area contributed by atoms with E-state index in [2.05, 4.69) is 16.5 Å². The van der Waals surface area contributed by atoms with Gasteiger partial charge in [0, 0.05) is 12.6 Å². The molecule has 0 unspecified atom stereocenters. The second-order valence-electron chi connectivity index (χ2n) is 5.69. The minimum Gasteiger partial charge on any atom is -0.326 e. The van der Waals surface area contributed by atoms with E-state index in [0.717, 1.165) is 17.9 Å². The molecule has 0 spiro atoms. The zero-order chi connectivity index (χ0) is 13.6. The Balaban J connectivity index is 2.12. The van der Waals surface area contributed by atoms with Crippen molar-refractivity contribution in [3.05, 3.63) is 29.3 Å². The molecule has 0 saturated heterocycles. The van der Waals surface area contributed by atoms with E-state index in [1.807, 2.05) is 6.07 Å². The smallest absolute Gasteiger partial charge is 0.128 e. The summed E-state index contributed by atoms with van der Waals surface area (Å²) >= 11 is 6.00. The summed E-state index contributed by atoms with van der Waals surface area (Å²) in [5.74, 6) is 1.02. The molecule has 0 bridgehead atoms. The van der Waals surface area contributed by atoms with Gasteiger partial charge in [0.2, 0.25) is 0 Å². The molecule has 3 rings (SSSR count). The summed E-state index contributed by atoms with van der Waals surface area (Å²) in [5, 5.41) is 0. The Labute approximate surface area is 117 Å². The van der Waals surface area contributed by atoms with E-state index in [1.54, 1.807) is 6.92 Å². The normalized spacial score (nSPS) is 17.1. The molecule has 4 heteroatoms. The summed E-state index contributed by atoms with van der Waals surface area (Å²) in [5.41, 5.74) is 2.80. The van der Waals surface area contributed by atoms with Gasteiger partial charge in [-0.1, -0.05) is 6.92 Å². The van der Waals surface area contributed by atoms with Gasteiger partial charge in [-0.15, -0.1) is 11.6 Å². The van der Waals surface area contributed by atoms with Gasteiger partial charge in [0.15, 0.2) is 0 Å². The number of benzene rings is 1. The molecule has 1 aromatic carbocycles. The van der Waals surface area contributed by atoms with Crippen molar-refractivity contribution >= 4 is 22.6 Å². The topological polar surface area (TPSA) is 17.8 Å². The summed E-state index contributed by atoms with van der Waals surface area (Å²) < 4.78 is 15.8. The maximum absolute atomic E-state index is 13.6. The predicted molar refractivity (Wildman–Crippen MR) is 75.9 cm³/mol. The van der Waals surface area contributed by atoms with Crippen LogP contribution in [0.5, 0.6) is 0 Å². The maximum Gasteiger partial charge on any atom is 0.128 e. The number of hydrogen-bond donors (Lipinski definition) is 0. The number of aromatic nitrogens is 2. The summed E-state index contributed by atoms with van der Waals surface area (Å²) in [6.45, 7) is 4.98. The van der Waals surface area contributed by atoms with Crippen molar-refractivity contribution in [3.63, 3.8) is 0 Å². The first kappa shape index (κ1) is 12.9. The quantitative estimate of drug-likeness (QED) is 0.759. The molecule has 0 atom stereocenters. The van der Waals surface area contributed by atoms with Crippen LogP contribution in [0.2, 0.25) is 0 Å². The average molecular weight is 281 g/mol. The van der Waals surface area contributed by atoms with Crippen LogP contribution in [0.25, 0.3) is 11.0 Å². The lowest BCUT2D eigenvalue weighted by Gasteiger charge is -2.16. The Morgan fingerprint density at radius 2 is 2.16 bits per heavy atom. The number of fused-ring (bicyclic) bond motifs is 1. The summed E-state index contributed by atoms with van der Waals surface area (Å²) in [6.07, 6.45) is 3.71. The minimum absolute atomic E-state index is 0.199. The van der Waals surface area contributed by atoms with E-state index in [9.17, 15) is 4.39 Å². The highest BCUT2D eigenvalue weighted by Gasteiger charge is 2.41. The molecular weight excluding hydrogens is 263 g/mol. The Morgan fingerprint density at radius 1 is 1.42 bits per heavy atom. The van der Waals surface area contributed by atoms with Crippen LogP contribution in [0.4, 0.5) is 4.39 Å². The van der Waals surface area contributed by atoms with Crippen molar-refractivity contribution in [2.75, 3.05) is 0 Å². The molecule has 19 heavy (non-hydrogen) atoms. The van der Waals surface area contributed by atoms with Gasteiger partial charge in [-0.25, -0.2) is 9.37 Å². The lowest BCUT2D eigenvalue weighted by Crippen LogP contribution is -2.13. The molecule has 0 amide bonds. The van der Waals surface area contributed by atoms with Crippen molar-refractivity contribution in [1.82, 2.24) is 9.55 Å². The lowest BCUT2D eigenvalue weighted by molar-refractivity contribution is 0.409. The van der Waals surface area contributed by atoms with Gasteiger partial charge in [-0.05, 0) is 43.2 Å². The summed E-state index contributed by atoms with van der Waals surface area (Å²) in [4.78, 5) is 4.47. The maximum atomic E-state index is 13.6. The van der Waals surface area contributed by atoms with E-state index in [0.29, 0.717) is 22.4 Å². The Hall–Kier alpha value is -1.09. The first-order chi connectivity index (χ1) is 9.08. The summed E-state index contributed by atoms with van der Waals surface area (Å²) in [6, 6.07) is 3.40. The molecule has 0 N–H and O–H groups in total. The van der Waals surface area contributed by atoms with Crippen LogP contribution in [0.15, 0.2) is 12.1 Å². The highest BCUT2D eigenvalue weighted by atomic mass is 35.5. The number of imidazole rings is 1. The van der Waals surface area contributed by atoms with E-state index in [1.165, 1.54) is 25.3 Å². The van der Waals surface area contributed by atoms with Gasteiger partial charge in [-0.3, -0.25) is 0 Å². The number of alkyl halides is 1. The fraction of sp³-hybridized carbons (Fsp3) is 0.533. The molecule has 1 fully saturated rings. The Kier molecular flexibility index (Phi) is 3.05. The molecule has 2 aromatic rings. The number of rotatable bonds is 4. The molecular formula is C15H18ClFN2. The van der Waals surface area contributed by atoms with Crippen LogP contribution in [-0.2, 0) is 12.4 Å². The number of nitrogens with zero attached hydrogens (tertiary/aromatic N) is 2. The highest BCUT2D eigenvalue weighted by Crippen LogP contribution is 2.50. The van der Waals surface area contributed by atoms with Crippen LogP contribution in [0.3, 0.4) is 0 Å². The van der Waals surface area contributed by atoms with Crippen molar-refractivity contribution in [3.8, 4) is 0 Å². The van der Waals surface area contributed by atoms with Gasteiger partial charge < -0.3 is 4.57 Å². The molecule has 1 aromatic heterocycles. The largest absolute Gasteiger partial charge is 0.326 e. The van der Waals surface area contributed by atoms with Gasteiger partial charge in [-0.2, -0.15) is 0 Å². The van der Waals surface area contributed by atoms with E-state index in [4.69, 9.17) is 11.6 Å². The SMILES string of the molecule is CCC1(Cn2c(CCl)nc3cc(F)c(C)cc32)CC1. The molecule has 1 aliphatic rings. The lowest BCUT2D eigenvalue weighted by atomic mass is 10.0. The molecule has 1 saturated carbocycles. The summed E-state index contributed by atoms with van der Waals surface area (Å²) in [7, 11) is 0. The van der Waals surface area contributed by atoms with E-state index >= 15 is 0 Å². The van der Waals surface area contributed by atoms with Crippen LogP contribution in [0, 0.1) is 18.2 Å². The van der Waals surface area contributed by atoms with Crippen LogP contribution in [0.1, 0.15) is 37.6 Å². The van der Waals surface area contributed by atoms with Crippen LogP contribution in [-0.4, -0.2) is 9.55 Å². The van der Waals surface area contributed by atoms with E-state index in [-0.39, 0.29) is 5.82 Å². The highest BCUT2D eigenvalue weighted by molar-refractivity contribution is 6.16. The monoisotopic (exact) mass is 280 g/mol. The fourth-order valence-corrected chi connectivity index (χ4v) is 2.92. The van der Waals surface area contributed by atoms with Crippen LogP contribution >= 0.6 is 11.6 Å². The third kappa shape index (κ3) is 2.14. The van der Waals surface area contributed by atoms with Gasteiger partial charge in [0.1, 0.15) is 11.6 Å². The van der Waals surface area contributed by atoms with Crippen molar-refractivity contribution < 1.29 is 4.39 Å². The van der Waals surface area contributed by atoms with Crippen molar-refractivity contribution in [2.24, 2.45) is 5.41 Å². The van der Waals surface area contributed by atoms with Crippen molar-refractivity contribution in [1.29, 1.82) is 0 Å². The minimum atomic E-state index is -0.199. The van der Waals surface area contributed by atoms with Crippen molar-refractivity contribution in [2.45, 2.75) is 45.5 Å². The molecule has 2 nitrogen and oxygen atoms in total. The molecule has 1 heterocycles. The van der Waals surface area contributed by atoms with Crippen LogP contribution < -0.4 is 0 Å². The molecule has 1 aliphatic carbocycles. The first-order valence-corrected chi connectivity index (χ1v) is 7.33. The first-order valence-electron chi connectivity index (χ1n) is 6.80. The molecule has 0 radical (unpaired) electrons. The zero-order valence-electron chi connectivity index (χ0n) is 11.3. The second kappa shape index (κ2) is 4.48. The fourth-order valence-electron chi connectivity index (χ4n) is 2.71. The molecule has 102 valence electrons. The van der Waals surface area contributed by atoms with Gasteiger partial charge in [0.05, 0.1) is 16.9 Å². The third-order valence-corrected chi connectivity index (χ3v) is 4.67. The number of hydrogen-bond acceptors (Lipinski definition) is 1. The predicted octanol–water partition coefficient (Wildman–Crippen LogP) is 4.41. The standard InChI is InChI=1S/C15H18ClFN2/c1-3-15(4-5-15)9-19-13-6-10(2)11(17)7-12(13)18-14(19)8-16/h6-7H,3-5,8-9H2,1-2H3. The Morgan fingerprint density at radius 3 is 2.74 bits per heavy atom. The number of halogens is 2. The third-order valence-electron chi connectivity index (χ3n) is 4.43. The second-order valence-corrected chi connectivity index (χ2v) is 5.96.